The molecule has 1 aliphatic heterocycles. The van der Waals surface area contributed by atoms with Crippen molar-refractivity contribution in [3.63, 3.8) is 0 Å². The molecule has 0 radical (unpaired) electrons. The first-order chi connectivity index (χ1) is 17.4. The molecular weight excluding hydrogens is 503 g/mol. The van der Waals surface area contributed by atoms with E-state index in [9.17, 15) is 37.6 Å². The van der Waals surface area contributed by atoms with Gasteiger partial charge in [-0.1, -0.05) is 34.6 Å². The van der Waals surface area contributed by atoms with Gasteiger partial charge in [0.05, 0.1) is 6.07 Å². The van der Waals surface area contributed by atoms with Crippen molar-refractivity contribution < 1.29 is 32.3 Å². The monoisotopic (exact) mass is 541 g/mol. The average Bonchev–Trinajstić information content (AvgIpc) is 3.67. The van der Waals surface area contributed by atoms with Crippen molar-refractivity contribution in [2.75, 3.05) is 0 Å². The number of alkyl halides is 3. The number of hydrogen-bond donors (Lipinski definition) is 4. The van der Waals surface area contributed by atoms with E-state index in [0.717, 1.165) is 25.7 Å². The van der Waals surface area contributed by atoms with Crippen LogP contribution in [0, 0.1) is 34.0 Å². The molecule has 4 amide bonds. The second kappa shape index (κ2) is 10.4. The minimum absolute atomic E-state index is 0.0647. The molecule has 3 fully saturated rings. The third-order valence-electron chi connectivity index (χ3n) is 8.11. The zero-order chi connectivity index (χ0) is 28.7. The van der Waals surface area contributed by atoms with E-state index in [1.54, 1.807) is 5.32 Å². The summed E-state index contributed by atoms with van der Waals surface area (Å²) in [5, 5.41) is 19.6. The third kappa shape index (κ3) is 7.38. The number of nitrogens with one attached hydrogen (secondary N) is 4. The van der Waals surface area contributed by atoms with E-state index in [1.165, 1.54) is 20.8 Å². The van der Waals surface area contributed by atoms with Crippen LogP contribution in [-0.2, 0) is 19.2 Å². The molecule has 3 aliphatic rings. The standard InChI is InChI=1S/C26H38F3N5O4/c1-23(2,3)18(33-22(38)26(27,28)29)21(37)32-17(11-15-12-24(15,4)5)20(36)31-16(13-30)10-14-6-7-25(8-9-25)34-19(14)35/h14-18H,6-12H2,1-5H3,(H,31,36)(H,32,37)(H,33,38)(H,34,35). The fourth-order valence-electron chi connectivity index (χ4n) is 5.10. The number of piperidine rings is 1. The number of amides is 4. The molecule has 1 saturated heterocycles. The maximum Gasteiger partial charge on any atom is 0.471 e. The smallest absolute Gasteiger partial charge is 0.350 e. The van der Waals surface area contributed by atoms with Crippen LogP contribution >= 0.6 is 0 Å². The maximum atomic E-state index is 13.3. The molecular formula is C26H38F3N5O4. The van der Waals surface area contributed by atoms with E-state index < -0.39 is 53.4 Å². The number of halogens is 3. The first-order valence-corrected chi connectivity index (χ1v) is 13.1. The first-order valence-electron chi connectivity index (χ1n) is 13.1. The minimum atomic E-state index is -5.18. The summed E-state index contributed by atoms with van der Waals surface area (Å²) in [5.41, 5.74) is -1.26. The third-order valence-corrected chi connectivity index (χ3v) is 8.11. The molecule has 2 aliphatic carbocycles. The van der Waals surface area contributed by atoms with Crippen LogP contribution < -0.4 is 21.3 Å². The number of carbonyl (C=O) groups is 4. The van der Waals surface area contributed by atoms with Crippen LogP contribution in [0.1, 0.15) is 79.6 Å². The van der Waals surface area contributed by atoms with Gasteiger partial charge >= 0.3 is 12.1 Å². The molecule has 0 bridgehead atoms. The zero-order valence-electron chi connectivity index (χ0n) is 22.6. The Balaban J connectivity index is 1.69. The van der Waals surface area contributed by atoms with Crippen molar-refractivity contribution in [2.45, 2.75) is 109 Å². The highest BCUT2D eigenvalue weighted by molar-refractivity contribution is 5.93. The first kappa shape index (κ1) is 29.7. The normalized spacial score (nSPS) is 25.7. The number of rotatable bonds is 9. The number of carbonyl (C=O) groups excluding carboxylic acids is 4. The Morgan fingerprint density at radius 1 is 1.05 bits per heavy atom. The molecule has 0 aromatic carbocycles. The molecule has 2 saturated carbocycles. The van der Waals surface area contributed by atoms with Gasteiger partial charge in [-0.15, -0.1) is 0 Å². The SMILES string of the molecule is CC(C)(C)C(NC(=O)C(F)(F)F)C(=O)NC(CC1CC1(C)C)C(=O)NC(C#N)CC1CCC2(CC2)NC1=O. The van der Waals surface area contributed by atoms with Gasteiger partial charge in [0.1, 0.15) is 18.1 Å². The van der Waals surface area contributed by atoms with Crippen molar-refractivity contribution in [3.05, 3.63) is 0 Å². The molecule has 5 unspecified atom stereocenters. The Kier molecular flexibility index (Phi) is 8.11. The van der Waals surface area contributed by atoms with Crippen LogP contribution in [0.25, 0.3) is 0 Å². The fraction of sp³-hybridized carbons (Fsp3) is 0.808. The zero-order valence-corrected chi connectivity index (χ0v) is 22.6. The van der Waals surface area contributed by atoms with Crippen LogP contribution in [0.2, 0.25) is 0 Å². The van der Waals surface area contributed by atoms with E-state index >= 15 is 0 Å². The van der Waals surface area contributed by atoms with Gasteiger partial charge in [0.15, 0.2) is 0 Å². The second-order valence-electron chi connectivity index (χ2n) is 12.9. The second-order valence-corrected chi connectivity index (χ2v) is 12.9. The summed E-state index contributed by atoms with van der Waals surface area (Å²) in [6.45, 7) is 8.50. The predicted molar refractivity (Wildman–Crippen MR) is 131 cm³/mol. The van der Waals surface area contributed by atoms with E-state index in [2.05, 4.69) is 16.0 Å². The van der Waals surface area contributed by atoms with Crippen LogP contribution in [-0.4, -0.2) is 53.5 Å². The van der Waals surface area contributed by atoms with E-state index in [1.807, 2.05) is 19.9 Å². The summed E-state index contributed by atoms with van der Waals surface area (Å²) in [7, 11) is 0. The quantitative estimate of drug-likeness (QED) is 0.355. The van der Waals surface area contributed by atoms with Crippen molar-refractivity contribution >= 4 is 23.6 Å². The van der Waals surface area contributed by atoms with Crippen LogP contribution in [0.5, 0.6) is 0 Å². The Morgan fingerprint density at radius 2 is 1.66 bits per heavy atom. The molecule has 12 heteroatoms. The summed E-state index contributed by atoms with van der Waals surface area (Å²) >= 11 is 0. The summed E-state index contributed by atoms with van der Waals surface area (Å²) in [6.07, 6.45) is -0.713. The molecule has 4 N–H and O–H groups in total. The molecule has 212 valence electrons. The molecule has 1 heterocycles. The van der Waals surface area contributed by atoms with Gasteiger partial charge in [0.25, 0.3) is 0 Å². The van der Waals surface area contributed by atoms with Gasteiger partial charge in [0.2, 0.25) is 17.7 Å². The minimum Gasteiger partial charge on any atom is -0.350 e. The summed E-state index contributed by atoms with van der Waals surface area (Å²) in [5.74, 6) is -4.32. The van der Waals surface area contributed by atoms with E-state index in [0.29, 0.717) is 6.42 Å². The van der Waals surface area contributed by atoms with Crippen molar-refractivity contribution in [3.8, 4) is 6.07 Å². The molecule has 0 aromatic rings. The Morgan fingerprint density at radius 3 is 2.11 bits per heavy atom. The van der Waals surface area contributed by atoms with Gasteiger partial charge in [-0.2, -0.15) is 18.4 Å². The summed E-state index contributed by atoms with van der Waals surface area (Å²) in [4.78, 5) is 50.5. The highest BCUT2D eigenvalue weighted by Crippen LogP contribution is 2.54. The van der Waals surface area contributed by atoms with Crippen LogP contribution in [0.4, 0.5) is 13.2 Å². The van der Waals surface area contributed by atoms with Gasteiger partial charge in [0, 0.05) is 11.5 Å². The van der Waals surface area contributed by atoms with Crippen molar-refractivity contribution in [2.24, 2.45) is 22.7 Å². The summed E-state index contributed by atoms with van der Waals surface area (Å²) < 4.78 is 38.7. The molecule has 0 aromatic heterocycles. The lowest BCUT2D eigenvalue weighted by Gasteiger charge is -2.32. The molecule has 1 spiro atoms. The van der Waals surface area contributed by atoms with Crippen LogP contribution in [0.3, 0.4) is 0 Å². The highest BCUT2D eigenvalue weighted by Gasteiger charge is 2.50. The fourth-order valence-corrected chi connectivity index (χ4v) is 5.10. The van der Waals surface area contributed by atoms with Crippen molar-refractivity contribution in [1.29, 1.82) is 5.26 Å². The Labute approximate surface area is 221 Å². The molecule has 5 atom stereocenters. The maximum absolute atomic E-state index is 13.3. The largest absolute Gasteiger partial charge is 0.471 e. The Bertz CT molecular complexity index is 1010. The number of nitriles is 1. The van der Waals surface area contributed by atoms with E-state index in [4.69, 9.17) is 0 Å². The lowest BCUT2D eigenvalue weighted by molar-refractivity contribution is -0.175. The summed E-state index contributed by atoms with van der Waals surface area (Å²) in [6, 6.07) is -1.67. The lowest BCUT2D eigenvalue weighted by Crippen LogP contribution is -2.60. The topological polar surface area (TPSA) is 140 Å². The van der Waals surface area contributed by atoms with Gasteiger partial charge in [-0.05, 0) is 61.7 Å². The van der Waals surface area contributed by atoms with Gasteiger partial charge in [-0.25, -0.2) is 0 Å². The van der Waals surface area contributed by atoms with Gasteiger partial charge < -0.3 is 21.3 Å². The number of hydrogen-bond acceptors (Lipinski definition) is 5. The number of nitrogens with zero attached hydrogens (tertiary/aromatic N) is 1. The molecule has 38 heavy (non-hydrogen) atoms. The van der Waals surface area contributed by atoms with Crippen LogP contribution in [0.15, 0.2) is 0 Å². The van der Waals surface area contributed by atoms with E-state index in [-0.39, 0.29) is 35.6 Å². The molecule has 3 rings (SSSR count). The lowest BCUT2D eigenvalue weighted by atomic mass is 9.85. The Hall–Kier alpha value is -2.84. The van der Waals surface area contributed by atoms with Gasteiger partial charge in [-0.3, -0.25) is 19.2 Å². The van der Waals surface area contributed by atoms with Crippen molar-refractivity contribution in [1.82, 2.24) is 21.3 Å². The average molecular weight is 542 g/mol. The highest BCUT2D eigenvalue weighted by atomic mass is 19.4. The predicted octanol–water partition coefficient (Wildman–Crippen LogP) is 2.46. The molecule has 9 nitrogen and oxygen atoms in total.